The van der Waals surface area contributed by atoms with Crippen LogP contribution < -0.4 is 0 Å². The van der Waals surface area contributed by atoms with Gasteiger partial charge in [-0.2, -0.15) is 13.2 Å². The highest BCUT2D eigenvalue weighted by Crippen LogP contribution is 2.41. The number of nitro groups is 1. The van der Waals surface area contributed by atoms with E-state index in [2.05, 4.69) is 0 Å². The van der Waals surface area contributed by atoms with Crippen molar-refractivity contribution in [2.45, 2.75) is 11.7 Å². The standard InChI is InChI=1S/C9H6F3NO4/c10-9(11,12)8(7(14)15,13(16)17)6-4-2-1-3-5-6/h1-5H,(H,14,15). The minimum absolute atomic E-state index is 0.754. The molecular formula is C9H6F3NO4. The van der Waals surface area contributed by atoms with E-state index in [-0.39, 0.29) is 0 Å². The molecule has 0 saturated heterocycles. The topological polar surface area (TPSA) is 80.4 Å². The quantitative estimate of drug-likeness (QED) is 0.654. The molecule has 5 nitrogen and oxygen atoms in total. The molecule has 1 aromatic rings. The van der Waals surface area contributed by atoms with Gasteiger partial charge in [-0.05, 0) is 0 Å². The predicted octanol–water partition coefficient (Wildman–Crippen LogP) is 1.81. The number of halogens is 3. The van der Waals surface area contributed by atoms with Gasteiger partial charge in [0.1, 0.15) is 0 Å². The Morgan fingerprint density at radius 2 is 1.71 bits per heavy atom. The summed E-state index contributed by atoms with van der Waals surface area (Å²) in [6.07, 6.45) is -5.54. The summed E-state index contributed by atoms with van der Waals surface area (Å²) in [5.74, 6) is -2.57. The number of rotatable bonds is 3. The normalized spacial score (nSPS) is 15.0. The van der Waals surface area contributed by atoms with Crippen molar-refractivity contribution < 1.29 is 28.0 Å². The van der Waals surface area contributed by atoms with E-state index < -0.39 is 28.2 Å². The number of carbonyl (C=O) groups is 1. The van der Waals surface area contributed by atoms with Crippen molar-refractivity contribution in [3.05, 3.63) is 46.0 Å². The van der Waals surface area contributed by atoms with Crippen LogP contribution in [0.15, 0.2) is 30.3 Å². The summed E-state index contributed by atoms with van der Waals surface area (Å²) < 4.78 is 38.2. The zero-order valence-corrected chi connectivity index (χ0v) is 8.14. The molecule has 0 aliphatic carbocycles. The SMILES string of the molecule is O=C(O)C(c1ccccc1)([N+](=O)[O-])C(F)(F)F. The summed E-state index contributed by atoms with van der Waals surface area (Å²) in [6, 6.07) is 5.03. The number of hydrogen-bond acceptors (Lipinski definition) is 3. The van der Waals surface area contributed by atoms with Crippen molar-refractivity contribution in [3.8, 4) is 0 Å². The Hall–Kier alpha value is -2.12. The van der Waals surface area contributed by atoms with Crippen LogP contribution in [-0.4, -0.2) is 22.2 Å². The van der Waals surface area contributed by atoms with Gasteiger partial charge in [0.05, 0.1) is 10.5 Å². The van der Waals surface area contributed by atoms with Crippen LogP contribution in [0, 0.1) is 10.1 Å². The molecule has 92 valence electrons. The minimum Gasteiger partial charge on any atom is -0.475 e. The third kappa shape index (κ3) is 1.81. The number of carboxylic acid groups (broad SMARTS) is 1. The van der Waals surface area contributed by atoms with Gasteiger partial charge in [-0.3, -0.25) is 10.1 Å². The molecular weight excluding hydrogens is 243 g/mol. The highest BCUT2D eigenvalue weighted by Gasteiger charge is 2.73. The Labute approximate surface area is 92.6 Å². The largest absolute Gasteiger partial charge is 0.477 e. The summed E-state index contributed by atoms with van der Waals surface area (Å²) >= 11 is 0. The van der Waals surface area contributed by atoms with E-state index in [9.17, 15) is 28.1 Å². The molecule has 0 amide bonds. The first-order valence-electron chi connectivity index (χ1n) is 4.24. The number of benzene rings is 1. The molecule has 0 aliphatic heterocycles. The molecule has 1 atom stereocenters. The smallest absolute Gasteiger partial charge is 0.475 e. The van der Waals surface area contributed by atoms with Crippen LogP contribution >= 0.6 is 0 Å². The number of nitrogens with zero attached hydrogens (tertiary/aromatic N) is 1. The molecule has 0 aliphatic rings. The lowest BCUT2D eigenvalue weighted by Gasteiger charge is -2.23. The van der Waals surface area contributed by atoms with Gasteiger partial charge in [-0.15, -0.1) is 0 Å². The van der Waals surface area contributed by atoms with Crippen molar-refractivity contribution in [1.29, 1.82) is 0 Å². The minimum atomic E-state index is -5.54. The lowest BCUT2D eigenvalue weighted by molar-refractivity contribution is -0.606. The van der Waals surface area contributed by atoms with E-state index >= 15 is 0 Å². The average molecular weight is 249 g/mol. The molecule has 1 unspecified atom stereocenters. The number of hydrogen-bond donors (Lipinski definition) is 1. The van der Waals surface area contributed by atoms with Gasteiger partial charge in [0.25, 0.3) is 0 Å². The van der Waals surface area contributed by atoms with Crippen molar-refractivity contribution in [2.75, 3.05) is 0 Å². The number of alkyl halides is 3. The monoisotopic (exact) mass is 249 g/mol. The zero-order valence-electron chi connectivity index (χ0n) is 8.14. The maximum Gasteiger partial charge on any atom is 0.477 e. The van der Waals surface area contributed by atoms with Crippen LogP contribution in [-0.2, 0) is 10.3 Å². The molecule has 0 radical (unpaired) electrons. The first-order valence-corrected chi connectivity index (χ1v) is 4.24. The number of carboxylic acids is 1. The Balaban J connectivity index is 3.59. The molecule has 0 fully saturated rings. The molecule has 0 spiro atoms. The highest BCUT2D eigenvalue weighted by atomic mass is 19.4. The Kier molecular flexibility index (Phi) is 3.08. The molecule has 0 bridgehead atoms. The van der Waals surface area contributed by atoms with E-state index in [1.807, 2.05) is 0 Å². The van der Waals surface area contributed by atoms with Crippen LogP contribution in [0.1, 0.15) is 5.56 Å². The molecule has 0 aromatic heterocycles. The van der Waals surface area contributed by atoms with Gasteiger partial charge in [0.15, 0.2) is 0 Å². The Bertz CT molecular complexity index is 429. The number of aliphatic carboxylic acids is 1. The zero-order chi connectivity index (χ0) is 13.3. The Morgan fingerprint density at radius 1 is 1.24 bits per heavy atom. The maximum atomic E-state index is 12.7. The average Bonchev–Trinajstić information content (AvgIpc) is 2.16. The fraction of sp³-hybridized carbons (Fsp3) is 0.222. The van der Waals surface area contributed by atoms with Gasteiger partial charge < -0.3 is 5.11 Å². The van der Waals surface area contributed by atoms with Crippen molar-refractivity contribution in [1.82, 2.24) is 0 Å². The van der Waals surface area contributed by atoms with Gasteiger partial charge in [0.2, 0.25) is 0 Å². The van der Waals surface area contributed by atoms with Crippen molar-refractivity contribution >= 4 is 5.97 Å². The molecule has 1 aromatic carbocycles. The van der Waals surface area contributed by atoms with E-state index in [1.54, 1.807) is 0 Å². The first kappa shape index (κ1) is 12.9. The van der Waals surface area contributed by atoms with Crippen LogP contribution in [0.3, 0.4) is 0 Å². The predicted molar refractivity (Wildman–Crippen MR) is 48.8 cm³/mol. The molecule has 0 saturated carbocycles. The van der Waals surface area contributed by atoms with Crippen LogP contribution in [0.5, 0.6) is 0 Å². The van der Waals surface area contributed by atoms with E-state index in [1.165, 1.54) is 6.07 Å². The van der Waals surface area contributed by atoms with E-state index in [4.69, 9.17) is 5.11 Å². The van der Waals surface area contributed by atoms with Crippen LogP contribution in [0.2, 0.25) is 0 Å². The van der Waals surface area contributed by atoms with Gasteiger partial charge in [-0.25, -0.2) is 4.79 Å². The lowest BCUT2D eigenvalue weighted by Crippen LogP contribution is -2.55. The van der Waals surface area contributed by atoms with Gasteiger partial charge in [-0.1, -0.05) is 30.3 Å². The molecule has 1 N–H and O–H groups in total. The van der Waals surface area contributed by atoms with Crippen molar-refractivity contribution in [2.24, 2.45) is 0 Å². The summed E-state index contributed by atoms with van der Waals surface area (Å²) in [5.41, 5.74) is -5.07. The highest BCUT2D eigenvalue weighted by molar-refractivity contribution is 5.80. The second-order valence-electron chi connectivity index (χ2n) is 3.14. The van der Waals surface area contributed by atoms with Crippen molar-refractivity contribution in [3.63, 3.8) is 0 Å². The summed E-state index contributed by atoms with van der Waals surface area (Å²) in [7, 11) is 0. The fourth-order valence-corrected chi connectivity index (χ4v) is 1.37. The van der Waals surface area contributed by atoms with Crippen LogP contribution in [0.4, 0.5) is 13.2 Å². The second kappa shape index (κ2) is 4.04. The van der Waals surface area contributed by atoms with Crippen LogP contribution in [0.25, 0.3) is 0 Å². The van der Waals surface area contributed by atoms with Gasteiger partial charge in [0, 0.05) is 0 Å². The molecule has 8 heteroatoms. The van der Waals surface area contributed by atoms with E-state index in [0.717, 1.165) is 24.3 Å². The molecule has 17 heavy (non-hydrogen) atoms. The first-order chi connectivity index (χ1) is 7.74. The summed E-state index contributed by atoms with van der Waals surface area (Å²) in [4.78, 5) is 19.5. The third-order valence-electron chi connectivity index (χ3n) is 2.19. The fourth-order valence-electron chi connectivity index (χ4n) is 1.37. The second-order valence-corrected chi connectivity index (χ2v) is 3.14. The molecule has 0 heterocycles. The third-order valence-corrected chi connectivity index (χ3v) is 2.19. The van der Waals surface area contributed by atoms with E-state index in [0.29, 0.717) is 0 Å². The summed E-state index contributed by atoms with van der Waals surface area (Å²) in [5, 5.41) is 19.2. The maximum absolute atomic E-state index is 12.7. The molecule has 1 rings (SSSR count). The van der Waals surface area contributed by atoms with Gasteiger partial charge >= 0.3 is 17.7 Å². The summed E-state index contributed by atoms with van der Waals surface area (Å²) in [6.45, 7) is 0. The Morgan fingerprint density at radius 3 is 2.00 bits per heavy atom. The lowest BCUT2D eigenvalue weighted by atomic mass is 9.90.